The van der Waals surface area contributed by atoms with Gasteiger partial charge in [0.15, 0.2) is 0 Å². The minimum atomic E-state index is -2.79. The molecule has 4 heteroatoms. The van der Waals surface area contributed by atoms with Crippen LogP contribution < -0.4 is 5.32 Å². The van der Waals surface area contributed by atoms with E-state index < -0.39 is 9.84 Å². The molecule has 0 aliphatic rings. The second-order valence-corrected chi connectivity index (χ2v) is 7.22. The standard InChI is InChI=1S/C13H29NO2S/c1-4-5-6-7-8-10-13(14-2)11-9-12-17(3,15)16/h13-14H,4-12H2,1-3H3. The van der Waals surface area contributed by atoms with Crippen LogP contribution in [-0.4, -0.2) is 33.5 Å². The summed E-state index contributed by atoms with van der Waals surface area (Å²) in [5.74, 6) is 0.320. The summed E-state index contributed by atoms with van der Waals surface area (Å²) in [6.45, 7) is 2.22. The average Bonchev–Trinajstić information content (AvgIpc) is 2.25. The lowest BCUT2D eigenvalue weighted by atomic mass is 10.0. The molecule has 0 spiro atoms. The number of unbranched alkanes of at least 4 members (excludes halogenated alkanes) is 4. The highest BCUT2D eigenvalue weighted by Crippen LogP contribution is 2.10. The van der Waals surface area contributed by atoms with Gasteiger partial charge in [0.1, 0.15) is 9.84 Å². The summed E-state index contributed by atoms with van der Waals surface area (Å²) in [7, 11) is -0.819. The summed E-state index contributed by atoms with van der Waals surface area (Å²) in [6.07, 6.45) is 10.7. The van der Waals surface area contributed by atoms with Gasteiger partial charge in [-0.1, -0.05) is 39.0 Å². The fourth-order valence-electron chi connectivity index (χ4n) is 2.02. The van der Waals surface area contributed by atoms with Gasteiger partial charge in [0.05, 0.1) is 0 Å². The number of hydrogen-bond donors (Lipinski definition) is 1. The molecule has 0 fully saturated rings. The highest BCUT2D eigenvalue weighted by Gasteiger charge is 2.08. The fraction of sp³-hybridized carbons (Fsp3) is 1.00. The molecule has 1 atom stereocenters. The van der Waals surface area contributed by atoms with Crippen molar-refractivity contribution in [1.82, 2.24) is 5.32 Å². The maximum Gasteiger partial charge on any atom is 0.147 e. The van der Waals surface area contributed by atoms with Crippen LogP contribution in [0.5, 0.6) is 0 Å². The Morgan fingerprint density at radius 1 is 1.00 bits per heavy atom. The summed E-state index contributed by atoms with van der Waals surface area (Å²) in [5, 5.41) is 3.28. The molecule has 17 heavy (non-hydrogen) atoms. The van der Waals surface area contributed by atoms with E-state index in [0.29, 0.717) is 11.8 Å². The summed E-state index contributed by atoms with van der Waals surface area (Å²) in [5.41, 5.74) is 0. The van der Waals surface area contributed by atoms with Gasteiger partial charge in [-0.3, -0.25) is 0 Å². The van der Waals surface area contributed by atoms with Crippen molar-refractivity contribution in [3.63, 3.8) is 0 Å². The van der Waals surface area contributed by atoms with Crippen LogP contribution in [0.1, 0.15) is 58.3 Å². The Balaban J connectivity index is 3.56. The molecule has 1 unspecified atom stereocenters. The Kier molecular flexibility index (Phi) is 9.84. The fourth-order valence-corrected chi connectivity index (χ4v) is 2.71. The molecule has 3 nitrogen and oxygen atoms in total. The van der Waals surface area contributed by atoms with E-state index in [1.807, 2.05) is 7.05 Å². The monoisotopic (exact) mass is 263 g/mol. The predicted octanol–water partition coefficient (Wildman–Crippen LogP) is 2.76. The van der Waals surface area contributed by atoms with Crippen molar-refractivity contribution in [2.24, 2.45) is 0 Å². The lowest BCUT2D eigenvalue weighted by molar-refractivity contribution is 0.455. The van der Waals surface area contributed by atoms with E-state index in [0.717, 1.165) is 12.8 Å². The Morgan fingerprint density at radius 3 is 2.12 bits per heavy atom. The molecule has 0 saturated carbocycles. The van der Waals surface area contributed by atoms with E-state index in [1.165, 1.54) is 44.8 Å². The van der Waals surface area contributed by atoms with Crippen molar-refractivity contribution >= 4 is 9.84 Å². The number of sulfone groups is 1. The van der Waals surface area contributed by atoms with Crippen LogP contribution in [0, 0.1) is 0 Å². The topological polar surface area (TPSA) is 46.2 Å². The molecule has 0 saturated heterocycles. The summed E-state index contributed by atoms with van der Waals surface area (Å²) in [6, 6.07) is 0.485. The van der Waals surface area contributed by atoms with Crippen LogP contribution in [-0.2, 0) is 9.84 Å². The smallest absolute Gasteiger partial charge is 0.147 e. The van der Waals surface area contributed by atoms with Crippen LogP contribution in [0.4, 0.5) is 0 Å². The minimum absolute atomic E-state index is 0.320. The zero-order valence-corrected chi connectivity index (χ0v) is 12.5. The summed E-state index contributed by atoms with van der Waals surface area (Å²) in [4.78, 5) is 0. The van der Waals surface area contributed by atoms with Crippen molar-refractivity contribution in [2.75, 3.05) is 19.1 Å². The lowest BCUT2D eigenvalue weighted by Gasteiger charge is -2.15. The molecule has 0 aliphatic heterocycles. The number of nitrogens with one attached hydrogen (secondary N) is 1. The first-order valence-corrected chi connectivity index (χ1v) is 8.90. The zero-order chi connectivity index (χ0) is 13.1. The number of rotatable bonds is 11. The second kappa shape index (κ2) is 9.89. The molecule has 0 radical (unpaired) electrons. The lowest BCUT2D eigenvalue weighted by Crippen LogP contribution is -2.25. The Morgan fingerprint density at radius 2 is 1.59 bits per heavy atom. The predicted molar refractivity (Wildman–Crippen MR) is 75.2 cm³/mol. The Bertz CT molecular complexity index is 263. The van der Waals surface area contributed by atoms with Crippen molar-refractivity contribution < 1.29 is 8.42 Å². The molecule has 0 rings (SSSR count). The van der Waals surface area contributed by atoms with E-state index in [9.17, 15) is 8.42 Å². The minimum Gasteiger partial charge on any atom is -0.317 e. The Labute approximate surface area is 107 Å². The average molecular weight is 263 g/mol. The van der Waals surface area contributed by atoms with Gasteiger partial charge in [-0.2, -0.15) is 0 Å². The molecule has 0 amide bonds. The van der Waals surface area contributed by atoms with Crippen LogP contribution in [0.15, 0.2) is 0 Å². The molecule has 0 aromatic rings. The number of hydrogen-bond acceptors (Lipinski definition) is 3. The second-order valence-electron chi connectivity index (χ2n) is 4.96. The summed E-state index contributed by atoms with van der Waals surface area (Å²) < 4.78 is 22.0. The van der Waals surface area contributed by atoms with Gasteiger partial charge in [-0.05, 0) is 26.3 Å². The van der Waals surface area contributed by atoms with Crippen molar-refractivity contribution in [2.45, 2.75) is 64.3 Å². The quantitative estimate of drug-likeness (QED) is 0.583. The molecule has 104 valence electrons. The first kappa shape index (κ1) is 16.9. The van der Waals surface area contributed by atoms with Gasteiger partial charge in [0, 0.05) is 18.1 Å². The maximum absolute atomic E-state index is 11.0. The van der Waals surface area contributed by atoms with Crippen molar-refractivity contribution in [3.05, 3.63) is 0 Å². The van der Waals surface area contributed by atoms with Crippen LogP contribution >= 0.6 is 0 Å². The molecular weight excluding hydrogens is 234 g/mol. The molecule has 1 N–H and O–H groups in total. The zero-order valence-electron chi connectivity index (χ0n) is 11.7. The SMILES string of the molecule is CCCCCCCC(CCCS(C)(=O)=O)NC. The third-order valence-corrected chi connectivity index (χ3v) is 4.16. The van der Waals surface area contributed by atoms with Gasteiger partial charge >= 0.3 is 0 Å². The molecule has 0 aromatic carbocycles. The van der Waals surface area contributed by atoms with Crippen LogP contribution in [0.25, 0.3) is 0 Å². The van der Waals surface area contributed by atoms with Gasteiger partial charge in [-0.25, -0.2) is 8.42 Å². The van der Waals surface area contributed by atoms with E-state index in [-0.39, 0.29) is 0 Å². The van der Waals surface area contributed by atoms with Gasteiger partial charge in [0.25, 0.3) is 0 Å². The van der Waals surface area contributed by atoms with E-state index >= 15 is 0 Å². The highest BCUT2D eigenvalue weighted by atomic mass is 32.2. The van der Waals surface area contributed by atoms with Crippen LogP contribution in [0.2, 0.25) is 0 Å². The van der Waals surface area contributed by atoms with Gasteiger partial charge < -0.3 is 5.32 Å². The molecule has 0 bridgehead atoms. The first-order chi connectivity index (χ1) is 7.99. The van der Waals surface area contributed by atoms with E-state index in [2.05, 4.69) is 12.2 Å². The van der Waals surface area contributed by atoms with E-state index in [4.69, 9.17) is 0 Å². The molecular formula is C13H29NO2S. The van der Waals surface area contributed by atoms with Crippen molar-refractivity contribution in [3.8, 4) is 0 Å². The normalized spacial score (nSPS) is 13.8. The van der Waals surface area contributed by atoms with Crippen LogP contribution in [0.3, 0.4) is 0 Å². The highest BCUT2D eigenvalue weighted by molar-refractivity contribution is 7.90. The maximum atomic E-state index is 11.0. The Hall–Kier alpha value is -0.0900. The molecule has 0 aromatic heterocycles. The third kappa shape index (κ3) is 12.2. The summed E-state index contributed by atoms with van der Waals surface area (Å²) >= 11 is 0. The van der Waals surface area contributed by atoms with Gasteiger partial charge in [-0.15, -0.1) is 0 Å². The molecule has 0 aliphatic carbocycles. The first-order valence-electron chi connectivity index (χ1n) is 6.84. The van der Waals surface area contributed by atoms with E-state index in [1.54, 1.807) is 0 Å². The van der Waals surface area contributed by atoms with Gasteiger partial charge in [0.2, 0.25) is 0 Å². The largest absolute Gasteiger partial charge is 0.317 e. The molecule has 0 heterocycles. The van der Waals surface area contributed by atoms with Crippen molar-refractivity contribution in [1.29, 1.82) is 0 Å². The third-order valence-electron chi connectivity index (χ3n) is 3.13.